The van der Waals surface area contributed by atoms with E-state index in [4.69, 9.17) is 0 Å². The largest absolute Gasteiger partial charge is 0.206 e. The summed E-state index contributed by atoms with van der Waals surface area (Å²) >= 11 is 0. The molecule has 0 aromatic heterocycles. The zero-order valence-electron chi connectivity index (χ0n) is 10.5. The highest BCUT2D eigenvalue weighted by Crippen LogP contribution is 2.33. The van der Waals surface area contributed by atoms with Gasteiger partial charge in [-0.3, -0.25) is 0 Å². The molecule has 0 amide bonds. The van der Waals surface area contributed by atoms with Crippen molar-refractivity contribution in [2.75, 3.05) is 0 Å². The Morgan fingerprint density at radius 1 is 0.750 bits per heavy atom. The van der Waals surface area contributed by atoms with Crippen molar-refractivity contribution in [1.29, 1.82) is 0 Å². The molecule has 0 saturated heterocycles. The fraction of sp³-hybridized carbons (Fsp3) is 0.286. The summed E-state index contributed by atoms with van der Waals surface area (Å²) in [5, 5.41) is -2.40. The van der Waals surface area contributed by atoms with Crippen molar-refractivity contribution in [2.45, 2.75) is 26.2 Å². The molecular weight excluding hydrogens is 282 g/mol. The van der Waals surface area contributed by atoms with Gasteiger partial charge in [-0.15, -0.1) is 0 Å². The summed E-state index contributed by atoms with van der Waals surface area (Å²) in [7, 11) is 0. The lowest BCUT2D eigenvalue weighted by atomic mass is 9.99. The number of unbranched alkanes of at least 4 members (excludes halogenated alkanes) is 1. The fourth-order valence-electron chi connectivity index (χ4n) is 2.08. The molecular formula is C14H10F6. The Bertz CT molecular complexity index is 678. The van der Waals surface area contributed by atoms with E-state index in [1.54, 1.807) is 6.92 Å². The fourth-order valence-corrected chi connectivity index (χ4v) is 2.08. The number of halogens is 6. The van der Waals surface area contributed by atoms with Gasteiger partial charge in [-0.05, 0) is 12.8 Å². The maximum absolute atomic E-state index is 14.1. The lowest BCUT2D eigenvalue weighted by Gasteiger charge is -2.11. The van der Waals surface area contributed by atoms with Gasteiger partial charge in [0.25, 0.3) is 0 Å². The Morgan fingerprint density at radius 2 is 1.40 bits per heavy atom. The predicted molar refractivity (Wildman–Crippen MR) is 62.3 cm³/mol. The van der Waals surface area contributed by atoms with E-state index in [9.17, 15) is 26.3 Å². The number of rotatable bonds is 3. The molecule has 0 aliphatic rings. The Balaban J connectivity index is 2.90. The standard InChI is InChI=1S/C14H10F6/c1-2-3-4-6-11(17)10-9(14(20)12(6)18)7(15)5-8(16)13(10)19/h5H,2-4H2,1H3. The zero-order chi connectivity index (χ0) is 15.0. The van der Waals surface area contributed by atoms with Crippen LogP contribution in [-0.2, 0) is 6.42 Å². The van der Waals surface area contributed by atoms with Crippen molar-refractivity contribution in [3.8, 4) is 0 Å². The minimum Gasteiger partial charge on any atom is -0.206 e. The summed E-state index contributed by atoms with van der Waals surface area (Å²) in [6.45, 7) is 1.74. The van der Waals surface area contributed by atoms with Crippen LogP contribution in [0, 0.1) is 34.9 Å². The van der Waals surface area contributed by atoms with Crippen molar-refractivity contribution in [2.24, 2.45) is 0 Å². The second-order valence-corrected chi connectivity index (χ2v) is 4.43. The third-order valence-electron chi connectivity index (χ3n) is 3.11. The molecule has 0 nitrogen and oxygen atoms in total. The van der Waals surface area contributed by atoms with Crippen LogP contribution < -0.4 is 0 Å². The van der Waals surface area contributed by atoms with E-state index in [0.717, 1.165) is 0 Å². The van der Waals surface area contributed by atoms with E-state index >= 15 is 0 Å². The van der Waals surface area contributed by atoms with Crippen molar-refractivity contribution in [3.05, 3.63) is 46.5 Å². The molecule has 0 fully saturated rings. The Labute approximate surface area is 111 Å². The highest BCUT2D eigenvalue weighted by Gasteiger charge is 2.26. The van der Waals surface area contributed by atoms with Gasteiger partial charge in [-0.25, -0.2) is 26.3 Å². The zero-order valence-corrected chi connectivity index (χ0v) is 10.5. The quantitative estimate of drug-likeness (QED) is 0.550. The first-order valence-corrected chi connectivity index (χ1v) is 6.02. The van der Waals surface area contributed by atoms with Crippen molar-refractivity contribution < 1.29 is 26.3 Å². The first-order chi connectivity index (χ1) is 9.40. The first-order valence-electron chi connectivity index (χ1n) is 6.02. The van der Waals surface area contributed by atoms with Gasteiger partial charge in [0.1, 0.15) is 11.6 Å². The van der Waals surface area contributed by atoms with E-state index in [2.05, 4.69) is 0 Å². The van der Waals surface area contributed by atoms with E-state index in [0.29, 0.717) is 12.8 Å². The molecule has 0 heterocycles. The van der Waals surface area contributed by atoms with Crippen molar-refractivity contribution >= 4 is 10.8 Å². The smallest absolute Gasteiger partial charge is 0.170 e. The van der Waals surface area contributed by atoms with Crippen molar-refractivity contribution in [1.82, 2.24) is 0 Å². The SMILES string of the molecule is CCCCc1c(F)c(F)c2c(F)cc(F)c(F)c2c1F. The van der Waals surface area contributed by atoms with Gasteiger partial charge >= 0.3 is 0 Å². The molecule has 0 aliphatic carbocycles. The van der Waals surface area contributed by atoms with Gasteiger partial charge in [0, 0.05) is 11.6 Å². The van der Waals surface area contributed by atoms with Crippen LogP contribution in [0.3, 0.4) is 0 Å². The van der Waals surface area contributed by atoms with Crippen LogP contribution >= 0.6 is 0 Å². The predicted octanol–water partition coefficient (Wildman–Crippen LogP) is 5.02. The average Bonchev–Trinajstić information content (AvgIpc) is 2.40. The van der Waals surface area contributed by atoms with Crippen LogP contribution in [0.5, 0.6) is 0 Å². The highest BCUT2D eigenvalue weighted by molar-refractivity contribution is 5.86. The summed E-state index contributed by atoms with van der Waals surface area (Å²) < 4.78 is 81.7. The van der Waals surface area contributed by atoms with Crippen LogP contribution in [0.15, 0.2) is 6.07 Å². The van der Waals surface area contributed by atoms with Crippen LogP contribution in [0.1, 0.15) is 25.3 Å². The second kappa shape index (κ2) is 5.34. The molecule has 2 aromatic carbocycles. The molecule has 108 valence electrons. The molecule has 2 aromatic rings. The van der Waals surface area contributed by atoms with Gasteiger partial charge in [0.15, 0.2) is 23.3 Å². The van der Waals surface area contributed by atoms with Crippen LogP contribution in [0.4, 0.5) is 26.3 Å². The Kier molecular flexibility index (Phi) is 3.92. The van der Waals surface area contributed by atoms with E-state index < -0.39 is 51.2 Å². The maximum atomic E-state index is 14.1. The lowest BCUT2D eigenvalue weighted by molar-refractivity contribution is 0.470. The number of hydrogen-bond acceptors (Lipinski definition) is 0. The minimum atomic E-state index is -1.73. The van der Waals surface area contributed by atoms with Crippen LogP contribution in [-0.4, -0.2) is 0 Å². The molecule has 0 radical (unpaired) electrons. The van der Waals surface area contributed by atoms with Gasteiger partial charge in [0.05, 0.1) is 10.8 Å². The molecule has 0 unspecified atom stereocenters. The molecule has 2 rings (SSSR count). The molecule has 0 bridgehead atoms. The number of benzene rings is 2. The molecule has 0 spiro atoms. The Hall–Kier alpha value is -1.72. The van der Waals surface area contributed by atoms with Gasteiger partial charge in [-0.2, -0.15) is 0 Å². The summed E-state index contributed by atoms with van der Waals surface area (Å²) in [6.07, 6.45) is 0.718. The minimum absolute atomic E-state index is 0.0609. The lowest BCUT2D eigenvalue weighted by Crippen LogP contribution is -2.05. The molecule has 0 atom stereocenters. The summed E-state index contributed by atoms with van der Waals surface area (Å²) in [5.74, 6) is -9.64. The average molecular weight is 292 g/mol. The normalized spacial score (nSPS) is 11.3. The third kappa shape index (κ3) is 2.13. The summed E-state index contributed by atoms with van der Waals surface area (Å²) in [5.41, 5.74) is -0.694. The topological polar surface area (TPSA) is 0 Å². The van der Waals surface area contributed by atoms with Gasteiger partial charge in [0.2, 0.25) is 0 Å². The van der Waals surface area contributed by atoms with Gasteiger partial charge < -0.3 is 0 Å². The monoisotopic (exact) mass is 292 g/mol. The van der Waals surface area contributed by atoms with Crippen LogP contribution in [0.2, 0.25) is 0 Å². The van der Waals surface area contributed by atoms with E-state index in [1.165, 1.54) is 0 Å². The number of fused-ring (bicyclic) bond motifs is 1. The highest BCUT2D eigenvalue weighted by atomic mass is 19.2. The molecule has 0 saturated carbocycles. The Morgan fingerprint density at radius 3 is 2.00 bits per heavy atom. The molecule has 0 N–H and O–H groups in total. The van der Waals surface area contributed by atoms with E-state index in [1.807, 2.05) is 0 Å². The summed E-state index contributed by atoms with van der Waals surface area (Å²) in [4.78, 5) is 0. The molecule has 20 heavy (non-hydrogen) atoms. The summed E-state index contributed by atoms with van der Waals surface area (Å²) in [6, 6.07) is 0.0609. The van der Waals surface area contributed by atoms with Gasteiger partial charge in [-0.1, -0.05) is 13.3 Å². The third-order valence-corrected chi connectivity index (χ3v) is 3.11. The van der Waals surface area contributed by atoms with Crippen molar-refractivity contribution in [3.63, 3.8) is 0 Å². The van der Waals surface area contributed by atoms with Crippen LogP contribution in [0.25, 0.3) is 10.8 Å². The molecule has 6 heteroatoms. The second-order valence-electron chi connectivity index (χ2n) is 4.43. The molecule has 0 aliphatic heterocycles. The maximum Gasteiger partial charge on any atom is 0.170 e. The number of hydrogen-bond donors (Lipinski definition) is 0. The first kappa shape index (κ1) is 14.7. The van der Waals surface area contributed by atoms with E-state index in [-0.39, 0.29) is 12.5 Å².